The number of thioether (sulfide) groups is 1. The molecule has 0 aromatic heterocycles. The van der Waals surface area contributed by atoms with Crippen LogP contribution in [0.1, 0.15) is 5.56 Å². The molecule has 0 bridgehead atoms. The molecule has 0 aliphatic carbocycles. The number of nitrogens with zero attached hydrogens (tertiary/aromatic N) is 1. The van der Waals surface area contributed by atoms with E-state index >= 15 is 0 Å². The molecule has 0 saturated carbocycles. The lowest BCUT2D eigenvalue weighted by molar-refractivity contribution is -0.127. The van der Waals surface area contributed by atoms with E-state index in [2.05, 4.69) is 5.32 Å². The van der Waals surface area contributed by atoms with Crippen LogP contribution < -0.4 is 10.1 Å². The van der Waals surface area contributed by atoms with Crippen molar-refractivity contribution in [2.24, 2.45) is 0 Å². The maximum absolute atomic E-state index is 12.5. The van der Waals surface area contributed by atoms with Crippen LogP contribution in [0.15, 0.2) is 47.4 Å². The number of amides is 3. The molecule has 1 N–H and O–H groups in total. The lowest BCUT2D eigenvalue weighted by Crippen LogP contribution is -2.36. The summed E-state index contributed by atoms with van der Waals surface area (Å²) in [6.45, 7) is -0.397. The van der Waals surface area contributed by atoms with Crippen LogP contribution in [0, 0.1) is 0 Å². The minimum Gasteiger partial charge on any atom is -0.495 e. The molecule has 144 valence electrons. The predicted octanol–water partition coefficient (Wildman–Crippen LogP) is 4.68. The Balaban J connectivity index is 1.67. The largest absolute Gasteiger partial charge is 0.495 e. The summed E-state index contributed by atoms with van der Waals surface area (Å²) in [5.41, 5.74) is 1.16. The van der Waals surface area contributed by atoms with Gasteiger partial charge in [0, 0.05) is 10.7 Å². The van der Waals surface area contributed by atoms with E-state index in [0.717, 1.165) is 22.2 Å². The first kappa shape index (κ1) is 20.3. The molecule has 3 rings (SSSR count). The zero-order valence-corrected chi connectivity index (χ0v) is 16.9. The van der Waals surface area contributed by atoms with Gasteiger partial charge in [-0.2, -0.15) is 0 Å². The maximum atomic E-state index is 12.5. The van der Waals surface area contributed by atoms with E-state index in [0.29, 0.717) is 21.5 Å². The van der Waals surface area contributed by atoms with Crippen molar-refractivity contribution in [3.63, 3.8) is 0 Å². The fourth-order valence-corrected chi connectivity index (χ4v) is 3.66. The van der Waals surface area contributed by atoms with E-state index in [9.17, 15) is 14.4 Å². The van der Waals surface area contributed by atoms with Gasteiger partial charge in [0.25, 0.3) is 11.1 Å². The third kappa shape index (κ3) is 4.67. The number of halogens is 2. The van der Waals surface area contributed by atoms with Crippen LogP contribution in [0.25, 0.3) is 6.08 Å². The highest BCUT2D eigenvalue weighted by Crippen LogP contribution is 2.32. The Labute approximate surface area is 175 Å². The smallest absolute Gasteiger partial charge is 0.294 e. The first-order valence-electron chi connectivity index (χ1n) is 8.01. The van der Waals surface area contributed by atoms with E-state index in [1.807, 2.05) is 0 Å². The van der Waals surface area contributed by atoms with Crippen molar-refractivity contribution in [2.45, 2.75) is 0 Å². The Morgan fingerprint density at radius 1 is 1.18 bits per heavy atom. The quantitative estimate of drug-likeness (QED) is 0.688. The monoisotopic (exact) mass is 436 g/mol. The van der Waals surface area contributed by atoms with Crippen molar-refractivity contribution in [2.75, 3.05) is 19.0 Å². The molecule has 2 aromatic carbocycles. The minimum absolute atomic E-state index is 0.243. The summed E-state index contributed by atoms with van der Waals surface area (Å²) < 4.78 is 5.05. The fourth-order valence-electron chi connectivity index (χ4n) is 2.43. The summed E-state index contributed by atoms with van der Waals surface area (Å²) >= 11 is 12.6. The van der Waals surface area contributed by atoms with Crippen molar-refractivity contribution >= 4 is 63.8 Å². The summed E-state index contributed by atoms with van der Waals surface area (Å²) in [5.74, 6) is -0.568. The summed E-state index contributed by atoms with van der Waals surface area (Å²) in [6, 6.07) is 11.6. The number of carbonyl (C=O) groups excluding carboxylic acids is 3. The molecule has 2 aromatic rings. The van der Waals surface area contributed by atoms with Gasteiger partial charge in [0.05, 0.1) is 17.0 Å². The Morgan fingerprint density at radius 2 is 1.89 bits per heavy atom. The number of benzene rings is 2. The molecule has 1 fully saturated rings. The zero-order valence-electron chi connectivity index (χ0n) is 14.6. The second kappa shape index (κ2) is 8.68. The van der Waals surface area contributed by atoms with Gasteiger partial charge in [0.1, 0.15) is 12.3 Å². The molecule has 1 aliphatic heterocycles. The molecule has 6 nitrogen and oxygen atoms in total. The average molecular weight is 437 g/mol. The Hall–Kier alpha value is -2.48. The fraction of sp³-hybridized carbons (Fsp3) is 0.105. The number of methoxy groups -OCH3 is 1. The lowest BCUT2D eigenvalue weighted by atomic mass is 10.2. The molecular weight excluding hydrogens is 423 g/mol. The van der Waals surface area contributed by atoms with Crippen molar-refractivity contribution in [3.8, 4) is 5.75 Å². The van der Waals surface area contributed by atoms with E-state index in [1.54, 1.807) is 42.5 Å². The van der Waals surface area contributed by atoms with Crippen LogP contribution in [0.3, 0.4) is 0 Å². The number of hydrogen-bond donors (Lipinski definition) is 1. The number of ether oxygens (including phenoxy) is 1. The van der Waals surface area contributed by atoms with Gasteiger partial charge in [-0.1, -0.05) is 35.3 Å². The SMILES string of the molecule is COc1ccc(NC(=O)CN2C(=O)SC(=Cc3ccc(Cl)cc3)C2=O)cc1Cl. The summed E-state index contributed by atoms with van der Waals surface area (Å²) in [6.07, 6.45) is 1.59. The second-order valence-electron chi connectivity index (χ2n) is 5.72. The van der Waals surface area contributed by atoms with Crippen LogP contribution >= 0.6 is 35.0 Å². The average Bonchev–Trinajstić information content (AvgIpc) is 2.91. The van der Waals surface area contributed by atoms with Gasteiger partial charge < -0.3 is 10.1 Å². The molecular formula is C19H14Cl2N2O4S. The third-order valence-electron chi connectivity index (χ3n) is 3.78. The van der Waals surface area contributed by atoms with E-state index in [1.165, 1.54) is 13.2 Å². The summed E-state index contributed by atoms with van der Waals surface area (Å²) in [5, 5.41) is 3.00. The Bertz CT molecular complexity index is 976. The van der Waals surface area contributed by atoms with Gasteiger partial charge in [0.2, 0.25) is 5.91 Å². The molecule has 28 heavy (non-hydrogen) atoms. The summed E-state index contributed by atoms with van der Waals surface area (Å²) in [4.78, 5) is 38.0. The highest BCUT2D eigenvalue weighted by Gasteiger charge is 2.36. The van der Waals surface area contributed by atoms with E-state index in [4.69, 9.17) is 27.9 Å². The van der Waals surface area contributed by atoms with Gasteiger partial charge in [-0.15, -0.1) is 0 Å². The molecule has 9 heteroatoms. The Morgan fingerprint density at radius 3 is 2.54 bits per heavy atom. The number of rotatable bonds is 5. The molecule has 1 heterocycles. The number of nitrogens with one attached hydrogen (secondary N) is 1. The van der Waals surface area contributed by atoms with Crippen LogP contribution in [-0.2, 0) is 9.59 Å². The van der Waals surface area contributed by atoms with Crippen molar-refractivity contribution in [1.82, 2.24) is 4.90 Å². The molecule has 0 atom stereocenters. The van der Waals surface area contributed by atoms with Crippen molar-refractivity contribution in [3.05, 3.63) is 63.0 Å². The van der Waals surface area contributed by atoms with Crippen LogP contribution in [0.5, 0.6) is 5.75 Å². The molecule has 3 amide bonds. The number of imide groups is 1. The first-order valence-corrected chi connectivity index (χ1v) is 9.59. The number of hydrogen-bond acceptors (Lipinski definition) is 5. The van der Waals surface area contributed by atoms with Gasteiger partial charge in [-0.3, -0.25) is 19.3 Å². The first-order chi connectivity index (χ1) is 13.4. The van der Waals surface area contributed by atoms with Crippen LogP contribution in [0.2, 0.25) is 10.0 Å². The van der Waals surface area contributed by atoms with Crippen LogP contribution in [0.4, 0.5) is 10.5 Å². The van der Waals surface area contributed by atoms with Gasteiger partial charge in [0.15, 0.2) is 0 Å². The van der Waals surface area contributed by atoms with E-state index in [-0.39, 0.29) is 4.91 Å². The van der Waals surface area contributed by atoms with Gasteiger partial charge in [-0.05, 0) is 53.7 Å². The van der Waals surface area contributed by atoms with Crippen molar-refractivity contribution in [1.29, 1.82) is 0 Å². The summed E-state index contributed by atoms with van der Waals surface area (Å²) in [7, 11) is 1.48. The lowest BCUT2D eigenvalue weighted by Gasteiger charge is -2.13. The molecule has 0 unspecified atom stereocenters. The Kier molecular flexibility index (Phi) is 6.28. The molecule has 1 aliphatic rings. The standard InChI is InChI=1S/C19H14Cl2N2O4S/c1-27-15-7-6-13(9-14(15)21)22-17(24)10-23-18(25)16(28-19(23)26)8-11-2-4-12(20)5-3-11/h2-9H,10H2,1H3,(H,22,24). The third-order valence-corrected chi connectivity index (χ3v) is 5.23. The second-order valence-corrected chi connectivity index (χ2v) is 7.55. The molecule has 1 saturated heterocycles. The van der Waals surface area contributed by atoms with Crippen molar-refractivity contribution < 1.29 is 19.1 Å². The molecule has 0 spiro atoms. The predicted molar refractivity (Wildman–Crippen MR) is 111 cm³/mol. The van der Waals surface area contributed by atoms with E-state index < -0.39 is 23.6 Å². The zero-order chi connectivity index (χ0) is 20.3. The minimum atomic E-state index is -0.520. The maximum Gasteiger partial charge on any atom is 0.294 e. The molecule has 0 radical (unpaired) electrons. The number of anilines is 1. The topological polar surface area (TPSA) is 75.7 Å². The van der Waals surface area contributed by atoms with Gasteiger partial charge in [-0.25, -0.2) is 0 Å². The highest BCUT2D eigenvalue weighted by atomic mass is 35.5. The van der Waals surface area contributed by atoms with Gasteiger partial charge >= 0.3 is 0 Å². The number of carbonyl (C=O) groups is 3. The normalized spacial score (nSPS) is 15.2. The highest BCUT2D eigenvalue weighted by molar-refractivity contribution is 8.18. The van der Waals surface area contributed by atoms with Crippen LogP contribution in [-0.4, -0.2) is 35.6 Å².